The van der Waals surface area contributed by atoms with Gasteiger partial charge in [-0.3, -0.25) is 10.4 Å². The van der Waals surface area contributed by atoms with Gasteiger partial charge in [-0.05, 0) is 52.8 Å². The minimum Gasteiger partial charge on any atom is -0.325 e. The fourth-order valence-electron chi connectivity index (χ4n) is 1.07. The average Bonchev–Trinajstić information content (AvgIpc) is 2.26. The van der Waals surface area contributed by atoms with E-state index in [4.69, 9.17) is 5.84 Å². The van der Waals surface area contributed by atoms with E-state index in [0.717, 1.165) is 12.2 Å². The monoisotopic (exact) mass is 332 g/mol. The first-order chi connectivity index (χ1) is 7.61. The normalized spacial score (nSPS) is 11.7. The molecule has 0 spiro atoms. The Morgan fingerprint density at radius 1 is 1.38 bits per heavy atom. The van der Waals surface area contributed by atoms with Gasteiger partial charge in [0.05, 0.1) is 0 Å². The summed E-state index contributed by atoms with van der Waals surface area (Å²) in [6.07, 6.45) is 0. The number of halogens is 1. The number of guanidine groups is 1. The maximum atomic E-state index is 5.39. The number of hydrazine groups is 1. The van der Waals surface area contributed by atoms with Crippen molar-refractivity contribution in [3.05, 3.63) is 27.8 Å². The molecule has 0 atom stereocenters. The lowest BCUT2D eigenvalue weighted by Gasteiger charge is -2.10. The molecule has 1 aromatic rings. The fourth-order valence-corrected chi connectivity index (χ4v) is 1.42. The van der Waals surface area contributed by atoms with Crippen LogP contribution in [-0.2, 0) is 0 Å². The Balaban J connectivity index is 2.62. The van der Waals surface area contributed by atoms with Crippen LogP contribution in [0.1, 0.15) is 13.8 Å². The molecule has 5 heteroatoms. The van der Waals surface area contributed by atoms with E-state index < -0.39 is 0 Å². The second-order valence-corrected chi connectivity index (χ2v) is 5.11. The highest BCUT2D eigenvalue weighted by molar-refractivity contribution is 14.1. The van der Waals surface area contributed by atoms with E-state index in [9.17, 15) is 0 Å². The molecular weight excluding hydrogens is 315 g/mol. The number of rotatable bonds is 3. The molecule has 0 saturated carbocycles. The van der Waals surface area contributed by atoms with Gasteiger partial charge in [0.2, 0.25) is 5.96 Å². The molecule has 0 unspecified atom stereocenters. The smallest absolute Gasteiger partial charge is 0.210 e. The van der Waals surface area contributed by atoms with Gasteiger partial charge < -0.3 is 5.32 Å². The molecule has 0 radical (unpaired) electrons. The molecule has 0 amide bonds. The van der Waals surface area contributed by atoms with Gasteiger partial charge >= 0.3 is 0 Å². The maximum Gasteiger partial charge on any atom is 0.210 e. The standard InChI is InChI=1S/C11H17IN4/c1-8(2)7-14-11(16-13)15-10-5-3-9(12)4-6-10/h3-6,8H,7,13H2,1-2H3,(H2,14,15,16). The minimum atomic E-state index is 0.516. The van der Waals surface area contributed by atoms with Gasteiger partial charge in [0.15, 0.2) is 0 Å². The summed E-state index contributed by atoms with van der Waals surface area (Å²) in [6.45, 7) is 4.97. The van der Waals surface area contributed by atoms with Gasteiger partial charge in [0.25, 0.3) is 0 Å². The highest BCUT2D eigenvalue weighted by Crippen LogP contribution is 2.10. The predicted molar refractivity (Wildman–Crippen MR) is 77.2 cm³/mol. The SMILES string of the molecule is CC(C)CN=C(NN)Nc1ccc(I)cc1. The molecule has 16 heavy (non-hydrogen) atoms. The van der Waals surface area contributed by atoms with E-state index in [1.54, 1.807) is 0 Å². The number of benzene rings is 1. The second-order valence-electron chi connectivity index (χ2n) is 3.86. The predicted octanol–water partition coefficient (Wildman–Crippen LogP) is 2.18. The number of hydrogen-bond acceptors (Lipinski definition) is 2. The first-order valence-electron chi connectivity index (χ1n) is 5.15. The molecule has 0 aromatic heterocycles. The Morgan fingerprint density at radius 3 is 2.50 bits per heavy atom. The van der Waals surface area contributed by atoms with Crippen LogP contribution >= 0.6 is 22.6 Å². The molecule has 0 bridgehead atoms. The minimum absolute atomic E-state index is 0.516. The Labute approximate surface area is 110 Å². The van der Waals surface area contributed by atoms with E-state index in [1.165, 1.54) is 3.57 Å². The summed E-state index contributed by atoms with van der Waals surface area (Å²) in [5.41, 5.74) is 3.53. The lowest BCUT2D eigenvalue weighted by atomic mass is 10.2. The number of nitrogens with zero attached hydrogens (tertiary/aromatic N) is 1. The molecule has 88 valence electrons. The fraction of sp³-hybridized carbons (Fsp3) is 0.364. The lowest BCUT2D eigenvalue weighted by Crippen LogP contribution is -2.36. The molecule has 0 heterocycles. The van der Waals surface area contributed by atoms with E-state index in [1.807, 2.05) is 24.3 Å². The van der Waals surface area contributed by atoms with E-state index >= 15 is 0 Å². The number of nitrogens with two attached hydrogens (primary N) is 1. The zero-order valence-electron chi connectivity index (χ0n) is 9.50. The molecule has 1 rings (SSSR count). The number of anilines is 1. The zero-order valence-corrected chi connectivity index (χ0v) is 11.7. The number of hydrogen-bond donors (Lipinski definition) is 3. The van der Waals surface area contributed by atoms with Gasteiger partial charge in [0.1, 0.15) is 0 Å². The molecule has 1 aromatic carbocycles. The summed E-state index contributed by atoms with van der Waals surface area (Å²) in [7, 11) is 0. The van der Waals surface area contributed by atoms with Crippen molar-refractivity contribution in [3.63, 3.8) is 0 Å². The van der Waals surface area contributed by atoms with E-state index in [0.29, 0.717) is 11.9 Å². The molecule has 4 nitrogen and oxygen atoms in total. The first-order valence-corrected chi connectivity index (χ1v) is 6.23. The maximum absolute atomic E-state index is 5.39. The van der Waals surface area contributed by atoms with E-state index in [-0.39, 0.29) is 0 Å². The molecule has 0 saturated heterocycles. The second kappa shape index (κ2) is 6.70. The van der Waals surface area contributed by atoms with Crippen LogP contribution in [0.4, 0.5) is 5.69 Å². The van der Waals surface area contributed by atoms with Crippen LogP contribution in [0, 0.1) is 9.49 Å². The van der Waals surface area contributed by atoms with Crippen LogP contribution in [0.2, 0.25) is 0 Å². The van der Waals surface area contributed by atoms with Crippen LogP contribution in [0.5, 0.6) is 0 Å². The summed E-state index contributed by atoms with van der Waals surface area (Å²) < 4.78 is 1.20. The number of aliphatic imine (C=N–C) groups is 1. The summed E-state index contributed by atoms with van der Waals surface area (Å²) in [4.78, 5) is 4.33. The van der Waals surface area contributed by atoms with Gasteiger partial charge in [0, 0.05) is 15.8 Å². The van der Waals surface area contributed by atoms with Crippen molar-refractivity contribution >= 4 is 34.2 Å². The summed E-state index contributed by atoms with van der Waals surface area (Å²) in [5, 5.41) is 3.12. The van der Waals surface area contributed by atoms with Gasteiger partial charge in [-0.15, -0.1) is 0 Å². The van der Waals surface area contributed by atoms with Gasteiger partial charge in [-0.25, -0.2) is 5.84 Å². The third-order valence-corrected chi connectivity index (χ3v) is 2.58. The van der Waals surface area contributed by atoms with Crippen molar-refractivity contribution in [1.82, 2.24) is 5.43 Å². The Hall–Kier alpha value is -0.820. The van der Waals surface area contributed by atoms with Gasteiger partial charge in [-0.1, -0.05) is 13.8 Å². The van der Waals surface area contributed by atoms with Crippen molar-refractivity contribution in [2.24, 2.45) is 16.8 Å². The largest absolute Gasteiger partial charge is 0.325 e. The molecule has 0 aliphatic rings. The van der Waals surface area contributed by atoms with Gasteiger partial charge in [-0.2, -0.15) is 0 Å². The zero-order chi connectivity index (χ0) is 12.0. The van der Waals surface area contributed by atoms with Crippen LogP contribution < -0.4 is 16.6 Å². The molecule has 4 N–H and O–H groups in total. The summed E-state index contributed by atoms with van der Waals surface area (Å²) >= 11 is 2.27. The quantitative estimate of drug-likeness (QED) is 0.261. The van der Waals surface area contributed by atoms with Crippen LogP contribution in [0.25, 0.3) is 0 Å². The average molecular weight is 332 g/mol. The van der Waals surface area contributed by atoms with Crippen molar-refractivity contribution in [3.8, 4) is 0 Å². The van der Waals surface area contributed by atoms with Crippen molar-refractivity contribution in [2.75, 3.05) is 11.9 Å². The van der Waals surface area contributed by atoms with Crippen molar-refractivity contribution in [2.45, 2.75) is 13.8 Å². The summed E-state index contributed by atoms with van der Waals surface area (Å²) in [5.74, 6) is 6.50. The lowest BCUT2D eigenvalue weighted by molar-refractivity contribution is 0.663. The Bertz CT molecular complexity index is 346. The van der Waals surface area contributed by atoms with Crippen LogP contribution in [0.3, 0.4) is 0 Å². The van der Waals surface area contributed by atoms with Crippen molar-refractivity contribution < 1.29 is 0 Å². The molecule has 0 aliphatic heterocycles. The highest BCUT2D eigenvalue weighted by Gasteiger charge is 1.98. The van der Waals surface area contributed by atoms with Crippen LogP contribution in [-0.4, -0.2) is 12.5 Å². The van der Waals surface area contributed by atoms with Crippen molar-refractivity contribution in [1.29, 1.82) is 0 Å². The summed E-state index contributed by atoms with van der Waals surface area (Å²) in [6, 6.07) is 8.03. The molecule has 0 fully saturated rings. The first kappa shape index (κ1) is 13.2. The Kier molecular flexibility index (Phi) is 5.54. The third kappa shape index (κ3) is 4.80. The third-order valence-electron chi connectivity index (χ3n) is 1.86. The topological polar surface area (TPSA) is 62.4 Å². The van der Waals surface area contributed by atoms with E-state index in [2.05, 4.69) is 52.2 Å². The van der Waals surface area contributed by atoms with Crippen LogP contribution in [0.15, 0.2) is 29.3 Å². The molecule has 0 aliphatic carbocycles. The highest BCUT2D eigenvalue weighted by atomic mass is 127. The Morgan fingerprint density at radius 2 is 2.00 bits per heavy atom. The molecular formula is C11H17IN4. The number of nitrogens with one attached hydrogen (secondary N) is 2.